The summed E-state index contributed by atoms with van der Waals surface area (Å²) in [6.07, 6.45) is 2.75. The summed E-state index contributed by atoms with van der Waals surface area (Å²) in [5, 5.41) is 2.85. The fraction of sp³-hybridized carbons (Fsp3) is 0.350. The number of aryl methyl sites for hydroxylation is 1. The number of hydrogen-bond donors (Lipinski definition) is 2. The topological polar surface area (TPSA) is 75.3 Å². The van der Waals surface area contributed by atoms with Crippen molar-refractivity contribution in [1.82, 2.24) is 5.32 Å². The zero-order valence-electron chi connectivity index (χ0n) is 15.5. The number of para-hydroxylation sites is 1. The molecule has 2 aromatic rings. The third-order valence-electron chi connectivity index (χ3n) is 4.04. The van der Waals surface area contributed by atoms with Crippen molar-refractivity contribution in [3.8, 4) is 0 Å². The molecule has 0 radical (unpaired) electrons. The van der Waals surface area contributed by atoms with Gasteiger partial charge in [0, 0.05) is 6.54 Å². The van der Waals surface area contributed by atoms with Crippen molar-refractivity contribution in [3.05, 3.63) is 65.2 Å². The standard InChI is InChI=1S/C20H26N2O3S/c1-15(2)17-12-10-16(11-13-17)7-6-14-21-20(23)18-8-4-5-9-19(18)22-26(3,24)25/h4-5,8-13,15,22H,6-7,14H2,1-3H3,(H,21,23). The van der Waals surface area contributed by atoms with Gasteiger partial charge in [-0.25, -0.2) is 8.42 Å². The highest BCUT2D eigenvalue weighted by molar-refractivity contribution is 7.92. The van der Waals surface area contributed by atoms with Gasteiger partial charge >= 0.3 is 0 Å². The molecule has 0 saturated heterocycles. The molecule has 0 aliphatic heterocycles. The highest BCUT2D eigenvalue weighted by Crippen LogP contribution is 2.17. The Morgan fingerprint density at radius 1 is 1.04 bits per heavy atom. The van der Waals surface area contributed by atoms with Crippen LogP contribution in [0.3, 0.4) is 0 Å². The van der Waals surface area contributed by atoms with Crippen LogP contribution in [0, 0.1) is 0 Å². The van der Waals surface area contributed by atoms with E-state index in [4.69, 9.17) is 0 Å². The van der Waals surface area contributed by atoms with Crippen LogP contribution in [0.4, 0.5) is 5.69 Å². The van der Waals surface area contributed by atoms with E-state index in [2.05, 4.69) is 48.2 Å². The van der Waals surface area contributed by atoms with Gasteiger partial charge in [-0.2, -0.15) is 0 Å². The second-order valence-corrected chi connectivity index (χ2v) is 8.42. The van der Waals surface area contributed by atoms with Gasteiger partial charge in [-0.1, -0.05) is 50.2 Å². The summed E-state index contributed by atoms with van der Waals surface area (Å²) in [6.45, 7) is 4.86. The summed E-state index contributed by atoms with van der Waals surface area (Å²) in [7, 11) is -3.43. The molecule has 0 aliphatic rings. The van der Waals surface area contributed by atoms with Crippen molar-refractivity contribution in [2.45, 2.75) is 32.6 Å². The summed E-state index contributed by atoms with van der Waals surface area (Å²) in [4.78, 5) is 12.3. The minimum atomic E-state index is -3.43. The third-order valence-corrected chi connectivity index (χ3v) is 4.63. The van der Waals surface area contributed by atoms with E-state index < -0.39 is 10.0 Å². The molecule has 0 saturated carbocycles. The van der Waals surface area contributed by atoms with Crippen molar-refractivity contribution >= 4 is 21.6 Å². The van der Waals surface area contributed by atoms with Crippen molar-refractivity contribution in [2.75, 3.05) is 17.5 Å². The average Bonchev–Trinajstić information content (AvgIpc) is 2.58. The molecule has 6 heteroatoms. The number of nitrogens with one attached hydrogen (secondary N) is 2. The molecule has 1 amide bonds. The summed E-state index contributed by atoms with van der Waals surface area (Å²) in [5.74, 6) is 0.232. The second-order valence-electron chi connectivity index (χ2n) is 6.68. The number of rotatable bonds is 8. The lowest BCUT2D eigenvalue weighted by Crippen LogP contribution is -2.26. The lowest BCUT2D eigenvalue weighted by atomic mass is 10.0. The fourth-order valence-electron chi connectivity index (χ4n) is 2.63. The van der Waals surface area contributed by atoms with Crippen LogP contribution in [0.2, 0.25) is 0 Å². The lowest BCUT2D eigenvalue weighted by molar-refractivity contribution is 0.0954. The monoisotopic (exact) mass is 374 g/mol. The first-order valence-electron chi connectivity index (χ1n) is 8.70. The summed E-state index contributed by atoms with van der Waals surface area (Å²) < 4.78 is 25.2. The Bertz CT molecular complexity index is 844. The van der Waals surface area contributed by atoms with Crippen molar-refractivity contribution in [1.29, 1.82) is 0 Å². The van der Waals surface area contributed by atoms with Gasteiger partial charge in [0.05, 0.1) is 17.5 Å². The first-order valence-corrected chi connectivity index (χ1v) is 10.6. The highest BCUT2D eigenvalue weighted by Gasteiger charge is 2.13. The van der Waals surface area contributed by atoms with Gasteiger partial charge in [-0.15, -0.1) is 0 Å². The van der Waals surface area contributed by atoms with Gasteiger partial charge in [0.2, 0.25) is 10.0 Å². The number of benzene rings is 2. The summed E-state index contributed by atoms with van der Waals surface area (Å²) in [5.41, 5.74) is 3.16. The van der Waals surface area contributed by atoms with E-state index in [0.717, 1.165) is 19.1 Å². The van der Waals surface area contributed by atoms with Crippen LogP contribution in [-0.4, -0.2) is 27.1 Å². The molecule has 0 atom stereocenters. The van der Waals surface area contributed by atoms with E-state index in [-0.39, 0.29) is 11.6 Å². The molecule has 0 aliphatic carbocycles. The second kappa shape index (κ2) is 8.85. The Morgan fingerprint density at radius 3 is 2.31 bits per heavy atom. The number of sulfonamides is 1. The molecule has 0 fully saturated rings. The normalized spacial score (nSPS) is 11.4. The molecule has 0 bridgehead atoms. The predicted octanol–water partition coefficient (Wildman–Crippen LogP) is 3.54. The number of anilines is 1. The molecule has 2 N–H and O–H groups in total. The smallest absolute Gasteiger partial charge is 0.253 e. The number of carbonyl (C=O) groups is 1. The molecule has 26 heavy (non-hydrogen) atoms. The maximum atomic E-state index is 12.3. The molecular weight excluding hydrogens is 348 g/mol. The van der Waals surface area contributed by atoms with E-state index in [1.165, 1.54) is 11.1 Å². The van der Waals surface area contributed by atoms with E-state index in [0.29, 0.717) is 18.0 Å². The Balaban J connectivity index is 1.87. The fourth-order valence-corrected chi connectivity index (χ4v) is 3.21. The molecule has 0 unspecified atom stereocenters. The number of hydrogen-bond acceptors (Lipinski definition) is 3. The van der Waals surface area contributed by atoms with E-state index in [1.54, 1.807) is 24.3 Å². The van der Waals surface area contributed by atoms with Gasteiger partial charge in [-0.3, -0.25) is 9.52 Å². The molecule has 0 heterocycles. The summed E-state index contributed by atoms with van der Waals surface area (Å²) in [6, 6.07) is 15.1. The zero-order chi connectivity index (χ0) is 19.2. The maximum absolute atomic E-state index is 12.3. The SMILES string of the molecule is CC(C)c1ccc(CCCNC(=O)c2ccccc2NS(C)(=O)=O)cc1. The van der Waals surface area contributed by atoms with Crippen molar-refractivity contribution < 1.29 is 13.2 Å². The molecule has 5 nitrogen and oxygen atoms in total. The van der Waals surface area contributed by atoms with Crippen LogP contribution < -0.4 is 10.0 Å². The highest BCUT2D eigenvalue weighted by atomic mass is 32.2. The minimum absolute atomic E-state index is 0.285. The van der Waals surface area contributed by atoms with Crippen LogP contribution in [0.25, 0.3) is 0 Å². The summed E-state index contributed by atoms with van der Waals surface area (Å²) >= 11 is 0. The van der Waals surface area contributed by atoms with Crippen LogP contribution in [0.1, 0.15) is 47.7 Å². The van der Waals surface area contributed by atoms with Crippen LogP contribution >= 0.6 is 0 Å². The van der Waals surface area contributed by atoms with Gasteiger partial charge < -0.3 is 5.32 Å². The first-order chi connectivity index (χ1) is 12.3. The Kier molecular flexibility index (Phi) is 6.80. The molecule has 0 aromatic heterocycles. The number of amides is 1. The maximum Gasteiger partial charge on any atom is 0.253 e. The Labute approximate surface area is 155 Å². The quantitative estimate of drug-likeness (QED) is 0.694. The van der Waals surface area contributed by atoms with Crippen LogP contribution in [-0.2, 0) is 16.4 Å². The third kappa shape index (κ3) is 6.19. The van der Waals surface area contributed by atoms with Crippen molar-refractivity contribution in [3.63, 3.8) is 0 Å². The molecule has 2 aromatic carbocycles. The Morgan fingerprint density at radius 2 is 1.69 bits per heavy atom. The van der Waals surface area contributed by atoms with E-state index >= 15 is 0 Å². The molecular formula is C20H26N2O3S. The average molecular weight is 375 g/mol. The minimum Gasteiger partial charge on any atom is -0.352 e. The number of carbonyl (C=O) groups excluding carboxylic acids is 1. The molecule has 2 rings (SSSR count). The van der Waals surface area contributed by atoms with Crippen LogP contribution in [0.15, 0.2) is 48.5 Å². The van der Waals surface area contributed by atoms with E-state index in [1.807, 2.05) is 0 Å². The van der Waals surface area contributed by atoms with Gasteiger partial charge in [0.25, 0.3) is 5.91 Å². The Hall–Kier alpha value is -2.34. The molecule has 140 valence electrons. The lowest BCUT2D eigenvalue weighted by Gasteiger charge is -2.11. The zero-order valence-corrected chi connectivity index (χ0v) is 16.3. The first kappa shape index (κ1) is 20.0. The van der Waals surface area contributed by atoms with E-state index in [9.17, 15) is 13.2 Å². The largest absolute Gasteiger partial charge is 0.352 e. The van der Waals surface area contributed by atoms with Gasteiger partial charge in [0.15, 0.2) is 0 Å². The predicted molar refractivity (Wildman–Crippen MR) is 106 cm³/mol. The molecule has 0 spiro atoms. The van der Waals surface area contributed by atoms with Gasteiger partial charge in [-0.05, 0) is 42.0 Å². The van der Waals surface area contributed by atoms with Gasteiger partial charge in [0.1, 0.15) is 0 Å². The van der Waals surface area contributed by atoms with Crippen LogP contribution in [0.5, 0.6) is 0 Å². The van der Waals surface area contributed by atoms with Crippen molar-refractivity contribution in [2.24, 2.45) is 0 Å².